The largest absolute Gasteiger partial charge is 0.382 e. The van der Waals surface area contributed by atoms with E-state index >= 15 is 0 Å². The fourth-order valence-electron chi connectivity index (χ4n) is 4.08. The zero-order chi connectivity index (χ0) is 23.2. The molecular weight excluding hydrogens is 396 g/mol. The van der Waals surface area contributed by atoms with Gasteiger partial charge in [0.25, 0.3) is 0 Å². The molecule has 32 heavy (non-hydrogen) atoms. The van der Waals surface area contributed by atoms with Crippen molar-refractivity contribution in [2.24, 2.45) is 5.73 Å². The Morgan fingerprint density at radius 2 is 1.50 bits per heavy atom. The zero-order valence-electron chi connectivity index (χ0n) is 20.1. The molecular formula is C27H42N4O. The number of nitrogens with one attached hydrogen (secondary N) is 2. The average Bonchev–Trinajstić information content (AvgIpc) is 2.79. The Kier molecular flexibility index (Phi) is 11.8. The van der Waals surface area contributed by atoms with Crippen molar-refractivity contribution in [3.8, 4) is 0 Å². The van der Waals surface area contributed by atoms with Gasteiger partial charge in [-0.05, 0) is 50.4 Å². The van der Waals surface area contributed by atoms with E-state index in [4.69, 9.17) is 5.73 Å². The minimum atomic E-state index is -0.510. The van der Waals surface area contributed by atoms with Crippen LogP contribution in [0.4, 0.5) is 5.69 Å². The monoisotopic (exact) mass is 438 g/mol. The van der Waals surface area contributed by atoms with Gasteiger partial charge in [-0.15, -0.1) is 0 Å². The summed E-state index contributed by atoms with van der Waals surface area (Å²) in [5.41, 5.74) is 8.72. The summed E-state index contributed by atoms with van der Waals surface area (Å²) in [6, 6.07) is 20.5. The van der Waals surface area contributed by atoms with Crippen molar-refractivity contribution in [3.05, 3.63) is 66.2 Å². The Balaban J connectivity index is 1.83. The molecule has 176 valence electrons. The fraction of sp³-hybridized carbons (Fsp3) is 0.519. The lowest BCUT2D eigenvalue weighted by Crippen LogP contribution is -2.48. The summed E-state index contributed by atoms with van der Waals surface area (Å²) >= 11 is 0. The van der Waals surface area contributed by atoms with Gasteiger partial charge in [0.05, 0.1) is 6.04 Å². The van der Waals surface area contributed by atoms with Gasteiger partial charge < -0.3 is 21.3 Å². The molecule has 2 rings (SSSR count). The maximum atomic E-state index is 12.9. The Hall–Kier alpha value is -2.37. The molecule has 2 aromatic carbocycles. The Morgan fingerprint density at radius 1 is 0.906 bits per heavy atom. The van der Waals surface area contributed by atoms with E-state index in [9.17, 15) is 4.79 Å². The normalized spacial score (nSPS) is 14.0. The molecule has 0 fully saturated rings. The fourth-order valence-corrected chi connectivity index (χ4v) is 4.08. The maximum Gasteiger partial charge on any atom is 0.237 e. The first-order chi connectivity index (χ1) is 15.5. The molecule has 0 saturated carbocycles. The van der Waals surface area contributed by atoms with Gasteiger partial charge in [0.2, 0.25) is 5.91 Å². The molecule has 5 heteroatoms. The van der Waals surface area contributed by atoms with Gasteiger partial charge in [0, 0.05) is 30.9 Å². The van der Waals surface area contributed by atoms with Crippen LogP contribution in [0.3, 0.4) is 0 Å². The Labute approximate surface area is 194 Å². The molecule has 4 N–H and O–H groups in total. The van der Waals surface area contributed by atoms with Crippen LogP contribution in [-0.4, -0.2) is 42.5 Å². The van der Waals surface area contributed by atoms with E-state index in [1.54, 1.807) is 0 Å². The Morgan fingerprint density at radius 3 is 2.12 bits per heavy atom. The number of amides is 1. The lowest BCUT2D eigenvalue weighted by molar-refractivity contribution is -0.123. The molecule has 1 amide bonds. The van der Waals surface area contributed by atoms with E-state index in [0.29, 0.717) is 6.42 Å². The lowest BCUT2D eigenvalue weighted by atomic mass is 10.0. The number of benzene rings is 2. The highest BCUT2D eigenvalue weighted by Gasteiger charge is 2.22. The van der Waals surface area contributed by atoms with Crippen molar-refractivity contribution < 1.29 is 4.79 Å². The van der Waals surface area contributed by atoms with Crippen LogP contribution in [0.2, 0.25) is 0 Å². The number of nitrogens with zero attached hydrogens (tertiary/aromatic N) is 1. The summed E-state index contributed by atoms with van der Waals surface area (Å²) in [6.45, 7) is 6.17. The van der Waals surface area contributed by atoms with E-state index < -0.39 is 6.04 Å². The van der Waals surface area contributed by atoms with Crippen molar-refractivity contribution in [2.75, 3.05) is 18.9 Å². The summed E-state index contributed by atoms with van der Waals surface area (Å²) in [7, 11) is 2.13. The second kappa shape index (κ2) is 14.6. The minimum Gasteiger partial charge on any atom is -0.382 e. The number of carbonyl (C=O) groups is 1. The van der Waals surface area contributed by atoms with Crippen LogP contribution in [0, 0.1) is 0 Å². The molecule has 3 atom stereocenters. The van der Waals surface area contributed by atoms with Gasteiger partial charge in [-0.1, -0.05) is 75.2 Å². The van der Waals surface area contributed by atoms with Crippen molar-refractivity contribution in [1.82, 2.24) is 10.2 Å². The molecule has 0 saturated heterocycles. The first kappa shape index (κ1) is 25.9. The van der Waals surface area contributed by atoms with E-state index in [1.165, 1.54) is 5.56 Å². The third-order valence-electron chi connectivity index (χ3n) is 5.80. The molecule has 0 aliphatic carbocycles. The van der Waals surface area contributed by atoms with Crippen molar-refractivity contribution >= 4 is 11.6 Å². The molecule has 0 aromatic heterocycles. The van der Waals surface area contributed by atoms with Gasteiger partial charge >= 0.3 is 0 Å². The number of hydrogen-bond acceptors (Lipinski definition) is 4. The highest BCUT2D eigenvalue weighted by molar-refractivity contribution is 5.81. The summed E-state index contributed by atoms with van der Waals surface area (Å²) < 4.78 is 0. The molecule has 0 aliphatic heterocycles. The van der Waals surface area contributed by atoms with Crippen LogP contribution in [-0.2, 0) is 11.3 Å². The lowest BCUT2D eigenvalue weighted by Gasteiger charge is -2.26. The van der Waals surface area contributed by atoms with E-state index in [2.05, 4.69) is 72.8 Å². The van der Waals surface area contributed by atoms with Gasteiger partial charge in [-0.3, -0.25) is 4.79 Å². The number of hydrogen-bond donors (Lipinski definition) is 3. The zero-order valence-corrected chi connectivity index (χ0v) is 20.1. The summed E-state index contributed by atoms with van der Waals surface area (Å²) in [4.78, 5) is 15.2. The third kappa shape index (κ3) is 9.84. The van der Waals surface area contributed by atoms with Crippen molar-refractivity contribution in [1.29, 1.82) is 0 Å². The van der Waals surface area contributed by atoms with E-state index in [0.717, 1.165) is 50.9 Å². The molecule has 0 spiro atoms. The smallest absolute Gasteiger partial charge is 0.237 e. The highest BCUT2D eigenvalue weighted by Crippen LogP contribution is 2.14. The first-order valence-corrected chi connectivity index (χ1v) is 12.1. The van der Waals surface area contributed by atoms with Gasteiger partial charge in [-0.25, -0.2) is 0 Å². The van der Waals surface area contributed by atoms with Crippen molar-refractivity contribution in [3.63, 3.8) is 0 Å². The maximum absolute atomic E-state index is 12.9. The predicted octanol–water partition coefficient (Wildman–Crippen LogP) is 4.79. The van der Waals surface area contributed by atoms with Crippen LogP contribution in [0.5, 0.6) is 0 Å². The van der Waals surface area contributed by atoms with Crippen molar-refractivity contribution in [2.45, 2.75) is 77.0 Å². The molecule has 5 nitrogen and oxygen atoms in total. The quantitative estimate of drug-likeness (QED) is 0.374. The van der Waals surface area contributed by atoms with Crippen LogP contribution >= 0.6 is 0 Å². The van der Waals surface area contributed by atoms with E-state index in [-0.39, 0.29) is 18.0 Å². The number of para-hydroxylation sites is 1. The second-order valence-electron chi connectivity index (χ2n) is 8.84. The minimum absolute atomic E-state index is 0.0369. The number of anilines is 1. The molecule has 2 aromatic rings. The summed E-state index contributed by atoms with van der Waals surface area (Å²) in [6.07, 6.45) is 5.59. The highest BCUT2D eigenvalue weighted by atomic mass is 16.2. The first-order valence-electron chi connectivity index (χ1n) is 12.1. The second-order valence-corrected chi connectivity index (χ2v) is 8.84. The van der Waals surface area contributed by atoms with Crippen LogP contribution in [0.15, 0.2) is 60.7 Å². The van der Waals surface area contributed by atoms with Crippen LogP contribution in [0.1, 0.15) is 57.9 Å². The summed E-state index contributed by atoms with van der Waals surface area (Å²) in [5.74, 6) is -0.0369. The molecule has 3 unspecified atom stereocenters. The van der Waals surface area contributed by atoms with Gasteiger partial charge in [0.15, 0.2) is 0 Å². The number of nitrogens with two attached hydrogens (primary N) is 1. The van der Waals surface area contributed by atoms with Gasteiger partial charge in [-0.2, -0.15) is 0 Å². The summed E-state index contributed by atoms with van der Waals surface area (Å²) in [5, 5.41) is 6.77. The SMILES string of the molecule is CCCC(CCN(C)Cc1ccccc1)NC(=O)C(N)CC(CCC)Nc1ccccc1. The Bertz CT molecular complexity index is 753. The van der Waals surface area contributed by atoms with Crippen LogP contribution in [0.25, 0.3) is 0 Å². The molecule has 0 bridgehead atoms. The van der Waals surface area contributed by atoms with E-state index in [1.807, 2.05) is 24.3 Å². The molecule has 0 heterocycles. The number of carbonyl (C=O) groups excluding carboxylic acids is 1. The molecule has 0 radical (unpaired) electrons. The van der Waals surface area contributed by atoms with Crippen LogP contribution < -0.4 is 16.4 Å². The topological polar surface area (TPSA) is 70.4 Å². The van der Waals surface area contributed by atoms with Gasteiger partial charge in [0.1, 0.15) is 0 Å². The molecule has 0 aliphatic rings. The predicted molar refractivity (Wildman–Crippen MR) is 136 cm³/mol. The third-order valence-corrected chi connectivity index (χ3v) is 5.80. The standard InChI is InChI=1S/C27H42N4O/c1-4-12-23(18-19-31(3)21-22-14-8-6-9-15-22)30-27(32)26(28)20-25(13-5-2)29-24-16-10-7-11-17-24/h6-11,14-17,23,25-26,29H,4-5,12-13,18-21,28H2,1-3H3,(H,30,32). The number of rotatable bonds is 15. The average molecular weight is 439 g/mol.